The average molecular weight is 637 g/mol. The molecule has 5 aromatic rings. The van der Waals surface area contributed by atoms with Crippen LogP contribution in [0.3, 0.4) is 0 Å². The quantitative estimate of drug-likeness (QED) is 0.199. The summed E-state index contributed by atoms with van der Waals surface area (Å²) in [5.74, 6) is 1.02. The molecule has 34 heavy (non-hydrogen) atoms. The number of phenolic OH excluding ortho intramolecular Hbond substituents is 1. The fourth-order valence-electron chi connectivity index (χ4n) is 3.89. The van der Waals surface area contributed by atoms with Crippen LogP contribution in [0.1, 0.15) is 5.56 Å². The summed E-state index contributed by atoms with van der Waals surface area (Å²) in [5, 5.41) is 15.1. The molecule has 0 saturated carbocycles. The maximum absolute atomic E-state index is 10.9. The van der Waals surface area contributed by atoms with E-state index in [-0.39, 0.29) is 5.75 Å². The third kappa shape index (κ3) is 6.44. The second kappa shape index (κ2) is 11.3. The standard InChI is InChI=1S/C27H20O2.4ClH.Sn/c28-24-16-14-20-10-4-6-12-22(20)26(24)27-23-13-7-5-11-21(23)15-17-25(27)29-18-19-8-2-1-3-9-19;;;;;/h1-17,28H,18H2;4*1H;/q;;;;;+4/p-4. The molecule has 1 N–H and O–H groups in total. The Morgan fingerprint density at radius 3 is 1.71 bits per heavy atom. The number of phenols is 1. The minimum atomic E-state index is -3.29. The Morgan fingerprint density at radius 1 is 0.588 bits per heavy atom. The van der Waals surface area contributed by atoms with Crippen LogP contribution in [0.25, 0.3) is 32.7 Å². The molecule has 0 fully saturated rings. The number of benzene rings is 5. The van der Waals surface area contributed by atoms with Crippen molar-refractivity contribution in [2.45, 2.75) is 6.61 Å². The molecule has 0 amide bonds. The summed E-state index contributed by atoms with van der Waals surface area (Å²) in [5.41, 5.74) is 2.84. The summed E-state index contributed by atoms with van der Waals surface area (Å²) in [6, 6.07) is 34.3. The van der Waals surface area contributed by atoms with E-state index in [4.69, 9.17) is 40.4 Å². The van der Waals surface area contributed by atoms with Gasteiger partial charge in [-0.15, -0.1) is 0 Å². The first-order valence-corrected chi connectivity index (χ1v) is 24.9. The van der Waals surface area contributed by atoms with Crippen molar-refractivity contribution in [1.82, 2.24) is 0 Å². The Kier molecular flexibility index (Phi) is 8.38. The third-order valence-corrected chi connectivity index (χ3v) is 5.28. The second-order valence-corrected chi connectivity index (χ2v) is 33.0. The number of ether oxygens (including phenoxy) is 1. The van der Waals surface area contributed by atoms with Crippen LogP contribution in [0.2, 0.25) is 0 Å². The fraction of sp³-hybridized carbons (Fsp3) is 0.0370. The Morgan fingerprint density at radius 2 is 1.09 bits per heavy atom. The second-order valence-electron chi connectivity index (χ2n) is 7.54. The van der Waals surface area contributed by atoms with Crippen molar-refractivity contribution in [1.29, 1.82) is 0 Å². The van der Waals surface area contributed by atoms with Gasteiger partial charge in [-0.25, -0.2) is 0 Å². The van der Waals surface area contributed by atoms with Gasteiger partial charge in [0, 0.05) is 11.1 Å². The monoisotopic (exact) mass is 636 g/mol. The zero-order valence-corrected chi connectivity index (χ0v) is 23.8. The van der Waals surface area contributed by atoms with E-state index < -0.39 is 13.9 Å². The molecule has 0 bridgehead atoms. The molecule has 0 aliphatic rings. The molecular weight excluding hydrogens is 617 g/mol. The fourth-order valence-corrected chi connectivity index (χ4v) is 3.89. The van der Waals surface area contributed by atoms with Crippen molar-refractivity contribution < 1.29 is 9.84 Å². The molecule has 2 nitrogen and oxygen atoms in total. The van der Waals surface area contributed by atoms with E-state index in [1.165, 1.54) is 0 Å². The zero-order valence-electron chi connectivity index (χ0n) is 17.9. The summed E-state index contributed by atoms with van der Waals surface area (Å²) in [7, 11) is 20.1. The molecule has 0 spiro atoms. The van der Waals surface area contributed by atoms with Crippen molar-refractivity contribution in [2.24, 2.45) is 0 Å². The first-order chi connectivity index (χ1) is 16.3. The predicted molar refractivity (Wildman–Crippen MR) is 148 cm³/mol. The number of aromatic hydroxyl groups is 1. The number of halogens is 4. The molecule has 172 valence electrons. The average Bonchev–Trinajstić information content (AvgIpc) is 2.82. The van der Waals surface area contributed by atoms with Gasteiger partial charge in [-0.3, -0.25) is 0 Å². The minimum absolute atomic E-state index is 0.254. The van der Waals surface area contributed by atoms with Crippen molar-refractivity contribution in [3.63, 3.8) is 0 Å². The third-order valence-electron chi connectivity index (χ3n) is 5.28. The van der Waals surface area contributed by atoms with Crippen molar-refractivity contribution in [2.75, 3.05) is 0 Å². The summed E-state index contributed by atoms with van der Waals surface area (Å²) in [6.07, 6.45) is 0. The predicted octanol–water partition coefficient (Wildman–Crippen LogP) is 9.32. The van der Waals surface area contributed by atoms with Gasteiger partial charge < -0.3 is 9.84 Å². The van der Waals surface area contributed by atoms with E-state index in [0.29, 0.717) is 6.61 Å². The normalized spacial score (nSPS) is 11.2. The SMILES string of the molecule is Oc1ccc2ccccc2c1-c1c(OCc2ccccc2)ccc2ccccc12.[Cl][Sn]([Cl])([Cl])[Cl]. The number of hydrogen-bond donors (Lipinski definition) is 1. The van der Waals surface area contributed by atoms with E-state index in [1.807, 2.05) is 60.7 Å². The van der Waals surface area contributed by atoms with Crippen LogP contribution in [-0.4, -0.2) is 19.0 Å². The molecule has 7 heteroatoms. The van der Waals surface area contributed by atoms with Crippen LogP contribution in [0.15, 0.2) is 103 Å². The number of hydrogen-bond acceptors (Lipinski definition) is 2. The maximum atomic E-state index is 10.9. The Bertz CT molecular complexity index is 1410. The van der Waals surface area contributed by atoms with Crippen molar-refractivity contribution >= 4 is 71.1 Å². The Balaban J connectivity index is 0.000000499. The van der Waals surface area contributed by atoms with Crippen LogP contribution in [0.5, 0.6) is 11.5 Å². The Hall–Kier alpha value is -1.82. The van der Waals surface area contributed by atoms with Gasteiger partial charge in [0.2, 0.25) is 0 Å². The van der Waals surface area contributed by atoms with Crippen LogP contribution in [0, 0.1) is 0 Å². The van der Waals surface area contributed by atoms with E-state index in [9.17, 15) is 5.11 Å². The van der Waals surface area contributed by atoms with Crippen LogP contribution >= 0.6 is 35.7 Å². The van der Waals surface area contributed by atoms with Crippen LogP contribution in [0.4, 0.5) is 0 Å². The first kappa shape index (κ1) is 25.3. The molecule has 0 atom stereocenters. The molecule has 5 aromatic carbocycles. The summed E-state index contributed by atoms with van der Waals surface area (Å²) >= 11 is -3.29. The molecule has 0 saturated heterocycles. The van der Waals surface area contributed by atoms with Crippen molar-refractivity contribution in [3.05, 3.63) is 109 Å². The van der Waals surface area contributed by atoms with Gasteiger partial charge >= 0.3 is 49.6 Å². The van der Waals surface area contributed by atoms with Gasteiger partial charge in [0.05, 0.1) is 0 Å². The molecule has 0 unspecified atom stereocenters. The molecule has 0 heterocycles. The van der Waals surface area contributed by atoms with E-state index >= 15 is 0 Å². The molecule has 5 rings (SSSR count). The molecule has 0 aromatic heterocycles. The van der Waals surface area contributed by atoms with E-state index in [0.717, 1.165) is 44.0 Å². The number of rotatable bonds is 4. The summed E-state index contributed by atoms with van der Waals surface area (Å²) in [4.78, 5) is 0. The Labute approximate surface area is 217 Å². The van der Waals surface area contributed by atoms with Gasteiger partial charge in [0.25, 0.3) is 0 Å². The van der Waals surface area contributed by atoms with Gasteiger partial charge in [-0.05, 0) is 39.2 Å². The molecule has 0 aliphatic heterocycles. The van der Waals surface area contributed by atoms with Crippen molar-refractivity contribution in [3.8, 4) is 22.6 Å². The van der Waals surface area contributed by atoms with Gasteiger partial charge in [-0.1, -0.05) is 91.0 Å². The molecular formula is C27H20Cl4O2Sn. The van der Waals surface area contributed by atoms with E-state index in [1.54, 1.807) is 6.07 Å². The summed E-state index contributed by atoms with van der Waals surface area (Å²) in [6.45, 7) is 0.470. The van der Waals surface area contributed by atoms with E-state index in [2.05, 4.69) is 36.4 Å². The topological polar surface area (TPSA) is 29.5 Å². The van der Waals surface area contributed by atoms with Gasteiger partial charge in [0.15, 0.2) is 0 Å². The zero-order chi connectivity index (χ0) is 24.1. The van der Waals surface area contributed by atoms with Gasteiger partial charge in [0.1, 0.15) is 18.1 Å². The first-order valence-electron chi connectivity index (χ1n) is 10.5. The molecule has 0 radical (unpaired) electrons. The van der Waals surface area contributed by atoms with Crippen LogP contribution < -0.4 is 4.74 Å². The van der Waals surface area contributed by atoms with Gasteiger partial charge in [-0.2, -0.15) is 0 Å². The van der Waals surface area contributed by atoms with Crippen LogP contribution in [-0.2, 0) is 6.61 Å². The summed E-state index contributed by atoms with van der Waals surface area (Å²) < 4.78 is 6.28. The number of fused-ring (bicyclic) bond motifs is 2. The molecule has 0 aliphatic carbocycles.